The summed E-state index contributed by atoms with van der Waals surface area (Å²) in [7, 11) is 1.64. The number of rotatable bonds is 8. The summed E-state index contributed by atoms with van der Waals surface area (Å²) in [4.78, 5) is 18.8. The van der Waals surface area contributed by atoms with Crippen LogP contribution in [0.15, 0.2) is 59.4 Å². The van der Waals surface area contributed by atoms with E-state index in [1.54, 1.807) is 7.11 Å². The highest BCUT2D eigenvalue weighted by molar-refractivity contribution is 5.80. The van der Waals surface area contributed by atoms with E-state index in [0.717, 1.165) is 41.9 Å². The smallest absolute Gasteiger partial charge is 0.253 e. The van der Waals surface area contributed by atoms with E-state index in [9.17, 15) is 4.79 Å². The van der Waals surface area contributed by atoms with Gasteiger partial charge in [-0.1, -0.05) is 50.1 Å². The third-order valence-electron chi connectivity index (χ3n) is 6.81. The number of pyridine rings is 1. The zero-order valence-corrected chi connectivity index (χ0v) is 19.6. The number of aromatic nitrogens is 5. The second-order valence-electron chi connectivity index (χ2n) is 8.88. The maximum Gasteiger partial charge on any atom is 0.253 e. The van der Waals surface area contributed by atoms with Crippen molar-refractivity contribution in [2.24, 2.45) is 0 Å². The summed E-state index contributed by atoms with van der Waals surface area (Å²) < 4.78 is 7.38. The van der Waals surface area contributed by atoms with E-state index < -0.39 is 0 Å². The molecular weight excluding hydrogens is 428 g/mol. The van der Waals surface area contributed by atoms with Gasteiger partial charge in [0.15, 0.2) is 5.82 Å². The van der Waals surface area contributed by atoms with E-state index in [-0.39, 0.29) is 17.6 Å². The largest absolute Gasteiger partial charge is 0.497 e. The van der Waals surface area contributed by atoms with E-state index in [0.29, 0.717) is 12.1 Å². The Balaban J connectivity index is 1.66. The molecule has 5 rings (SSSR count). The van der Waals surface area contributed by atoms with Gasteiger partial charge in [0, 0.05) is 23.0 Å². The van der Waals surface area contributed by atoms with Gasteiger partial charge in [-0.05, 0) is 59.6 Å². The lowest BCUT2D eigenvalue weighted by Crippen LogP contribution is -2.35. The molecule has 2 aromatic heterocycles. The minimum Gasteiger partial charge on any atom is -0.497 e. The molecule has 1 fully saturated rings. The molecule has 2 heterocycles. The summed E-state index contributed by atoms with van der Waals surface area (Å²) in [5.41, 5.74) is 2.45. The lowest BCUT2D eigenvalue weighted by molar-refractivity contribution is 0.210. The molecule has 0 bridgehead atoms. The van der Waals surface area contributed by atoms with Crippen LogP contribution in [0.1, 0.15) is 61.6 Å². The zero-order chi connectivity index (χ0) is 23.5. The normalized spacial score (nSPS) is 15.3. The molecule has 0 spiro atoms. The predicted octanol–water partition coefficient (Wildman–Crippen LogP) is 4.25. The highest BCUT2D eigenvalue weighted by Gasteiger charge is 2.32. The third-order valence-corrected chi connectivity index (χ3v) is 6.81. The number of fused-ring (bicyclic) bond motifs is 1. The van der Waals surface area contributed by atoms with Crippen molar-refractivity contribution in [3.05, 3.63) is 81.9 Å². The molecule has 1 atom stereocenters. The second kappa shape index (κ2) is 9.77. The van der Waals surface area contributed by atoms with Crippen LogP contribution in [0.2, 0.25) is 0 Å². The standard InChI is InChI=1S/C26H30N6O2/c1-3-31(17-18-9-5-4-6-10-18)24(25-28-29-30-32(25)20-11-7-8-12-20)22-16-19-15-21(34-2)13-14-23(19)27-26(22)33/h4-6,9-10,13-16,20,24H,3,7-8,11-12,17H2,1-2H3,(H,27,33)/t24-/m1/s1. The molecule has 0 unspecified atom stereocenters. The molecular formula is C26H30N6O2. The van der Waals surface area contributed by atoms with E-state index in [1.165, 1.54) is 18.4 Å². The lowest BCUT2D eigenvalue weighted by atomic mass is 10.0. The molecule has 1 N–H and O–H groups in total. The van der Waals surface area contributed by atoms with Crippen molar-refractivity contribution in [1.82, 2.24) is 30.1 Å². The van der Waals surface area contributed by atoms with Gasteiger partial charge >= 0.3 is 0 Å². The highest BCUT2D eigenvalue weighted by atomic mass is 16.5. The van der Waals surface area contributed by atoms with Crippen LogP contribution < -0.4 is 10.3 Å². The van der Waals surface area contributed by atoms with Gasteiger partial charge in [0.1, 0.15) is 11.8 Å². The Morgan fingerprint density at radius 2 is 1.94 bits per heavy atom. The van der Waals surface area contributed by atoms with Crippen molar-refractivity contribution < 1.29 is 4.74 Å². The number of nitrogens with zero attached hydrogens (tertiary/aromatic N) is 5. The van der Waals surface area contributed by atoms with Gasteiger partial charge in [-0.15, -0.1) is 5.10 Å². The van der Waals surface area contributed by atoms with Crippen LogP contribution >= 0.6 is 0 Å². The number of hydrogen-bond donors (Lipinski definition) is 1. The number of tetrazole rings is 1. The van der Waals surface area contributed by atoms with E-state index >= 15 is 0 Å². The molecule has 176 valence electrons. The van der Waals surface area contributed by atoms with Crippen LogP contribution in [0, 0.1) is 0 Å². The molecule has 1 aliphatic carbocycles. The molecule has 34 heavy (non-hydrogen) atoms. The van der Waals surface area contributed by atoms with Crippen LogP contribution in [-0.4, -0.2) is 43.7 Å². The first-order chi connectivity index (χ1) is 16.7. The molecule has 8 nitrogen and oxygen atoms in total. The summed E-state index contributed by atoms with van der Waals surface area (Å²) in [6.07, 6.45) is 4.46. The first-order valence-electron chi connectivity index (χ1n) is 11.9. The van der Waals surface area contributed by atoms with Crippen molar-refractivity contribution in [2.75, 3.05) is 13.7 Å². The summed E-state index contributed by atoms with van der Waals surface area (Å²) >= 11 is 0. The maximum absolute atomic E-state index is 13.4. The fraction of sp³-hybridized carbons (Fsp3) is 0.385. The van der Waals surface area contributed by atoms with Gasteiger partial charge in [-0.3, -0.25) is 9.69 Å². The van der Waals surface area contributed by atoms with Gasteiger partial charge in [0.25, 0.3) is 5.56 Å². The fourth-order valence-electron chi connectivity index (χ4n) is 5.02. The minimum absolute atomic E-state index is 0.129. The van der Waals surface area contributed by atoms with Crippen molar-refractivity contribution >= 4 is 10.9 Å². The van der Waals surface area contributed by atoms with Crippen molar-refractivity contribution in [3.8, 4) is 5.75 Å². The Morgan fingerprint density at radius 3 is 2.68 bits per heavy atom. The van der Waals surface area contributed by atoms with E-state index in [2.05, 4.69) is 44.5 Å². The Morgan fingerprint density at radius 1 is 1.15 bits per heavy atom. The Labute approximate surface area is 198 Å². The molecule has 2 aromatic carbocycles. The van der Waals surface area contributed by atoms with Gasteiger partial charge in [0.05, 0.1) is 13.2 Å². The maximum atomic E-state index is 13.4. The van der Waals surface area contributed by atoms with Gasteiger partial charge in [0.2, 0.25) is 0 Å². The number of ether oxygens (including phenoxy) is 1. The number of nitrogens with one attached hydrogen (secondary N) is 1. The molecule has 8 heteroatoms. The van der Waals surface area contributed by atoms with Gasteiger partial charge in [-0.25, -0.2) is 4.68 Å². The highest BCUT2D eigenvalue weighted by Crippen LogP contribution is 2.34. The quantitative estimate of drug-likeness (QED) is 0.425. The van der Waals surface area contributed by atoms with Crippen LogP contribution in [0.3, 0.4) is 0 Å². The predicted molar refractivity (Wildman–Crippen MR) is 131 cm³/mol. The molecule has 1 aliphatic rings. The van der Waals surface area contributed by atoms with Gasteiger partial charge < -0.3 is 9.72 Å². The molecule has 0 radical (unpaired) electrons. The number of aromatic amines is 1. The van der Waals surface area contributed by atoms with Crippen LogP contribution in [0.4, 0.5) is 0 Å². The number of benzene rings is 2. The average molecular weight is 459 g/mol. The van der Waals surface area contributed by atoms with Crippen LogP contribution in [-0.2, 0) is 6.54 Å². The number of hydrogen-bond acceptors (Lipinski definition) is 6. The van der Waals surface area contributed by atoms with Gasteiger partial charge in [-0.2, -0.15) is 0 Å². The van der Waals surface area contributed by atoms with Crippen molar-refractivity contribution in [2.45, 2.75) is 51.2 Å². The van der Waals surface area contributed by atoms with Crippen LogP contribution in [0.25, 0.3) is 10.9 Å². The third kappa shape index (κ3) is 4.33. The van der Waals surface area contributed by atoms with Crippen molar-refractivity contribution in [1.29, 1.82) is 0 Å². The van der Waals surface area contributed by atoms with Crippen molar-refractivity contribution in [3.63, 3.8) is 0 Å². The Bertz CT molecular complexity index is 1310. The molecule has 1 saturated carbocycles. The Hall–Kier alpha value is -3.52. The SMILES string of the molecule is CCN(Cc1ccccc1)[C@H](c1cc2cc(OC)ccc2[nH]c1=O)c1nnnn1C1CCCC1. The number of methoxy groups -OCH3 is 1. The summed E-state index contributed by atoms with van der Waals surface area (Å²) in [6.45, 7) is 3.51. The van der Waals surface area contributed by atoms with Crippen LogP contribution in [0.5, 0.6) is 5.75 Å². The molecule has 0 saturated heterocycles. The molecule has 0 amide bonds. The summed E-state index contributed by atoms with van der Waals surface area (Å²) in [5.74, 6) is 1.46. The summed E-state index contributed by atoms with van der Waals surface area (Å²) in [5, 5.41) is 13.8. The first kappa shape index (κ1) is 22.3. The summed E-state index contributed by atoms with van der Waals surface area (Å²) in [6, 6.07) is 17.8. The topological polar surface area (TPSA) is 88.9 Å². The monoisotopic (exact) mass is 458 g/mol. The fourth-order valence-corrected chi connectivity index (χ4v) is 5.02. The first-order valence-corrected chi connectivity index (χ1v) is 11.9. The Kier molecular flexibility index (Phi) is 6.40. The molecule has 4 aromatic rings. The van der Waals surface area contributed by atoms with E-state index in [1.807, 2.05) is 47.1 Å². The zero-order valence-electron chi connectivity index (χ0n) is 19.6. The average Bonchev–Trinajstić information content (AvgIpc) is 3.56. The number of H-pyrrole nitrogens is 1. The molecule has 0 aliphatic heterocycles. The minimum atomic E-state index is -0.389. The second-order valence-corrected chi connectivity index (χ2v) is 8.88. The lowest BCUT2D eigenvalue weighted by Gasteiger charge is -2.30. The van der Waals surface area contributed by atoms with E-state index in [4.69, 9.17) is 4.74 Å².